The van der Waals surface area contributed by atoms with Crippen molar-refractivity contribution in [3.05, 3.63) is 78.0 Å². The second-order valence-corrected chi connectivity index (χ2v) is 9.48. The van der Waals surface area contributed by atoms with E-state index in [0.29, 0.717) is 4.90 Å². The summed E-state index contributed by atoms with van der Waals surface area (Å²) in [7, 11) is -3.19. The van der Waals surface area contributed by atoms with Crippen LogP contribution in [0.15, 0.2) is 71.8 Å². The zero-order valence-corrected chi connectivity index (χ0v) is 17.3. The highest BCUT2D eigenvalue weighted by Crippen LogP contribution is 2.27. The number of anilines is 1. The van der Waals surface area contributed by atoms with Crippen LogP contribution in [0.25, 0.3) is 11.3 Å². The molecule has 1 atom stereocenters. The first-order valence-electron chi connectivity index (χ1n) is 9.78. The maximum absolute atomic E-state index is 11.7. The number of aromatic nitrogens is 1. The van der Waals surface area contributed by atoms with Gasteiger partial charge in [-0.05, 0) is 42.3 Å². The molecule has 2 heterocycles. The van der Waals surface area contributed by atoms with Gasteiger partial charge in [-0.15, -0.1) is 4.21 Å². The summed E-state index contributed by atoms with van der Waals surface area (Å²) in [6.45, 7) is 3.76. The van der Waals surface area contributed by atoms with Crippen molar-refractivity contribution in [3.63, 3.8) is 0 Å². The Morgan fingerprint density at radius 3 is 2.62 bits per heavy atom. The molecule has 2 aromatic carbocycles. The van der Waals surface area contributed by atoms with Crippen molar-refractivity contribution in [3.8, 4) is 11.3 Å². The molecule has 0 bridgehead atoms. The minimum absolute atomic E-state index is 0.322. The van der Waals surface area contributed by atoms with Crippen molar-refractivity contribution >= 4 is 15.9 Å². The lowest BCUT2D eigenvalue weighted by Crippen LogP contribution is -2.28. The first-order chi connectivity index (χ1) is 14.0. The molecule has 29 heavy (non-hydrogen) atoms. The van der Waals surface area contributed by atoms with E-state index in [1.807, 2.05) is 24.4 Å². The van der Waals surface area contributed by atoms with Gasteiger partial charge in [0.25, 0.3) is 0 Å². The van der Waals surface area contributed by atoms with Gasteiger partial charge in [-0.2, -0.15) is 0 Å². The van der Waals surface area contributed by atoms with Gasteiger partial charge in [0.2, 0.25) is 0 Å². The number of pyridine rings is 1. The van der Waals surface area contributed by atoms with Crippen molar-refractivity contribution in [2.24, 2.45) is 0 Å². The molecule has 6 heteroatoms. The molecule has 0 saturated carbocycles. The van der Waals surface area contributed by atoms with Gasteiger partial charge in [0.05, 0.1) is 15.9 Å². The van der Waals surface area contributed by atoms with Crippen molar-refractivity contribution < 1.29 is 8.76 Å². The summed E-state index contributed by atoms with van der Waals surface area (Å²) in [5, 5.41) is 3.52. The van der Waals surface area contributed by atoms with E-state index in [0.717, 1.165) is 49.5 Å². The summed E-state index contributed by atoms with van der Waals surface area (Å²) in [5.74, 6) is 0. The van der Waals surface area contributed by atoms with Crippen LogP contribution >= 0.6 is 0 Å². The second kappa shape index (κ2) is 8.45. The number of nitrogens with one attached hydrogen (secondary N) is 1. The van der Waals surface area contributed by atoms with Crippen LogP contribution in [0.2, 0.25) is 0 Å². The zero-order valence-electron chi connectivity index (χ0n) is 16.5. The van der Waals surface area contributed by atoms with Gasteiger partial charge in [-0.1, -0.05) is 30.3 Å². The largest absolute Gasteiger partial charge is 0.610 e. The van der Waals surface area contributed by atoms with Crippen molar-refractivity contribution in [1.29, 1.82) is 0 Å². The number of rotatable bonds is 5. The Morgan fingerprint density at radius 2 is 1.90 bits per heavy atom. The Labute approximate surface area is 173 Å². The molecule has 0 amide bonds. The standard InChI is InChI=1S/C23H25N3O2S/c1-29(27,28)21-9-7-19(8-10-21)22-15-23-20(16-25-22)17-26(14-12-24-23)13-11-18-5-3-2-4-6-18/h2-10,15-16,24H,11-14,17H2,1H3. The van der Waals surface area contributed by atoms with E-state index in [4.69, 9.17) is 0 Å². The topological polar surface area (TPSA) is 68.3 Å². The summed E-state index contributed by atoms with van der Waals surface area (Å²) < 4.78 is 23.3. The molecule has 1 aliphatic rings. The van der Waals surface area contributed by atoms with Crippen LogP contribution in [-0.2, 0) is 27.4 Å². The van der Waals surface area contributed by atoms with Gasteiger partial charge >= 0.3 is 0 Å². The van der Waals surface area contributed by atoms with Gasteiger partial charge in [-0.25, -0.2) is 0 Å². The molecular formula is C23H25N3O2S. The quantitative estimate of drug-likeness (QED) is 0.651. The normalized spacial score (nSPS) is 16.3. The molecule has 1 N–H and O–H groups in total. The van der Waals surface area contributed by atoms with Crippen LogP contribution in [0.5, 0.6) is 0 Å². The molecule has 4 rings (SSSR count). The van der Waals surface area contributed by atoms with Gasteiger partial charge in [0, 0.05) is 49.2 Å². The molecule has 0 aliphatic carbocycles. The van der Waals surface area contributed by atoms with Crippen LogP contribution in [0.1, 0.15) is 11.1 Å². The highest BCUT2D eigenvalue weighted by atomic mass is 32.3. The van der Waals surface area contributed by atoms with Crippen molar-refractivity contribution in [1.82, 2.24) is 9.88 Å². The van der Waals surface area contributed by atoms with Gasteiger partial charge < -0.3 is 9.87 Å². The van der Waals surface area contributed by atoms with Crippen LogP contribution in [0.4, 0.5) is 5.69 Å². The first kappa shape index (κ1) is 19.8. The smallest absolute Gasteiger partial charge is 0.155 e. The summed E-state index contributed by atoms with van der Waals surface area (Å²) in [6, 6.07) is 19.5. The number of hydrogen-bond donors (Lipinski definition) is 1. The maximum Gasteiger partial charge on any atom is 0.155 e. The number of hydrogen-bond acceptors (Lipinski definition) is 5. The van der Waals surface area contributed by atoms with Crippen LogP contribution in [0.3, 0.4) is 0 Å². The molecule has 0 spiro atoms. The number of sulfone groups is 1. The van der Waals surface area contributed by atoms with Gasteiger partial charge in [0.1, 0.15) is 6.26 Å². The molecular weight excluding hydrogens is 382 g/mol. The third-order valence-electron chi connectivity index (χ3n) is 5.26. The van der Waals surface area contributed by atoms with E-state index < -0.39 is 10.2 Å². The molecule has 1 unspecified atom stereocenters. The fourth-order valence-electron chi connectivity index (χ4n) is 3.60. The van der Waals surface area contributed by atoms with Gasteiger partial charge in [-0.3, -0.25) is 9.88 Å². The fraction of sp³-hybridized carbons (Fsp3) is 0.261. The number of nitrogens with zero attached hydrogens (tertiary/aromatic N) is 2. The molecule has 3 aromatic rings. The molecule has 5 nitrogen and oxygen atoms in total. The van der Waals surface area contributed by atoms with Crippen molar-refractivity contribution in [2.45, 2.75) is 17.9 Å². The summed E-state index contributed by atoms with van der Waals surface area (Å²) >= 11 is 0. The Morgan fingerprint density at radius 1 is 1.14 bits per heavy atom. The van der Waals surface area contributed by atoms with E-state index in [9.17, 15) is 8.76 Å². The highest BCUT2D eigenvalue weighted by molar-refractivity contribution is 7.97. The highest BCUT2D eigenvalue weighted by Gasteiger charge is 2.16. The lowest BCUT2D eigenvalue weighted by Gasteiger charge is -2.19. The summed E-state index contributed by atoms with van der Waals surface area (Å²) in [5.41, 5.74) is 5.40. The molecule has 0 fully saturated rings. The first-order valence-corrected chi connectivity index (χ1v) is 11.7. The Bertz CT molecular complexity index is 1020. The predicted octanol–water partition coefficient (Wildman–Crippen LogP) is 3.84. The average molecular weight is 408 g/mol. The summed E-state index contributed by atoms with van der Waals surface area (Å²) in [4.78, 5) is 7.41. The maximum atomic E-state index is 11.7. The van der Waals surface area contributed by atoms with E-state index in [2.05, 4.69) is 45.5 Å². The Hall–Kier alpha value is -2.54. The van der Waals surface area contributed by atoms with Crippen LogP contribution in [0, 0.1) is 0 Å². The second-order valence-electron chi connectivity index (χ2n) is 7.46. The zero-order chi connectivity index (χ0) is 20.3. The lowest BCUT2D eigenvalue weighted by molar-refractivity contribution is 0.284. The van der Waals surface area contributed by atoms with E-state index in [-0.39, 0.29) is 0 Å². The fourth-order valence-corrected chi connectivity index (χ4v) is 4.23. The lowest BCUT2D eigenvalue weighted by atomic mass is 10.1. The summed E-state index contributed by atoms with van der Waals surface area (Å²) in [6.07, 6.45) is 4.19. The van der Waals surface area contributed by atoms with Gasteiger partial charge in [0.15, 0.2) is 4.90 Å². The Balaban J connectivity index is 1.48. The minimum Gasteiger partial charge on any atom is -0.610 e. The number of fused-ring (bicyclic) bond motifs is 1. The predicted molar refractivity (Wildman–Crippen MR) is 117 cm³/mol. The van der Waals surface area contributed by atoms with E-state index in [1.54, 1.807) is 12.1 Å². The van der Waals surface area contributed by atoms with E-state index >= 15 is 0 Å². The van der Waals surface area contributed by atoms with Crippen molar-refractivity contribution in [2.75, 3.05) is 31.2 Å². The Kier molecular flexibility index (Phi) is 5.76. The number of benzene rings is 2. The van der Waals surface area contributed by atoms with E-state index in [1.165, 1.54) is 17.4 Å². The minimum atomic E-state index is -3.19. The average Bonchev–Trinajstić information content (AvgIpc) is 2.94. The van der Waals surface area contributed by atoms with Crippen LogP contribution in [-0.4, -0.2) is 40.3 Å². The molecule has 0 saturated heterocycles. The molecule has 1 aromatic heterocycles. The molecule has 0 radical (unpaired) electrons. The molecule has 1 aliphatic heterocycles. The molecule has 150 valence electrons. The third-order valence-corrected chi connectivity index (χ3v) is 6.39. The SMILES string of the molecule is C[S+](=O)([O-])c1ccc(-c2cc3c(cn2)CN(CCc2ccccc2)CCN3)cc1. The third kappa shape index (κ3) is 4.90. The van der Waals surface area contributed by atoms with Crippen LogP contribution < -0.4 is 5.32 Å². The monoisotopic (exact) mass is 407 g/mol.